The number of carboxylic acids is 1. The Morgan fingerprint density at radius 3 is 2.91 bits per heavy atom. The number of carboxylic acid groups (broad SMARTS) is 1. The van der Waals surface area contributed by atoms with Crippen LogP contribution >= 0.6 is 12.4 Å². The average molecular weight is 328 g/mol. The quantitative estimate of drug-likeness (QED) is 0.934. The van der Waals surface area contributed by atoms with E-state index in [9.17, 15) is 14.3 Å². The Morgan fingerprint density at radius 1 is 1.50 bits per heavy atom. The van der Waals surface area contributed by atoms with Crippen molar-refractivity contribution in [3.8, 4) is 5.75 Å². The minimum Gasteiger partial charge on any atom is -0.496 e. The van der Waals surface area contributed by atoms with E-state index in [0.29, 0.717) is 12.2 Å². The molecule has 3 rings (SSSR count). The molecule has 0 aliphatic heterocycles. The number of halogens is 2. The molecule has 0 bridgehead atoms. The summed E-state index contributed by atoms with van der Waals surface area (Å²) in [6, 6.07) is 5.60. The summed E-state index contributed by atoms with van der Waals surface area (Å²) in [5.41, 5.74) is 2.63. The van der Waals surface area contributed by atoms with Gasteiger partial charge < -0.3 is 14.4 Å². The maximum atomic E-state index is 12.9. The number of alkyl halides is 1. The van der Waals surface area contributed by atoms with Gasteiger partial charge in [0.1, 0.15) is 12.4 Å². The Bertz CT molecular complexity index is 698. The Kier molecular flexibility index (Phi) is 4.96. The second kappa shape index (κ2) is 6.57. The molecule has 1 aliphatic carbocycles. The van der Waals surface area contributed by atoms with Crippen LogP contribution in [0.2, 0.25) is 0 Å². The minimum absolute atomic E-state index is 0. The number of carbonyl (C=O) groups is 1. The fourth-order valence-electron chi connectivity index (χ4n) is 3.47. The van der Waals surface area contributed by atoms with E-state index in [4.69, 9.17) is 4.74 Å². The van der Waals surface area contributed by atoms with Crippen molar-refractivity contribution < 1.29 is 19.0 Å². The van der Waals surface area contributed by atoms with E-state index < -0.39 is 18.6 Å². The topological polar surface area (TPSA) is 51.5 Å². The first-order chi connectivity index (χ1) is 10.2. The first-order valence-corrected chi connectivity index (χ1v) is 7.15. The zero-order valence-corrected chi connectivity index (χ0v) is 13.2. The highest BCUT2D eigenvalue weighted by atomic mass is 35.5. The van der Waals surface area contributed by atoms with E-state index in [1.807, 2.05) is 22.8 Å². The van der Waals surface area contributed by atoms with Crippen molar-refractivity contribution in [2.75, 3.05) is 13.8 Å². The third-order valence-corrected chi connectivity index (χ3v) is 4.28. The van der Waals surface area contributed by atoms with Gasteiger partial charge in [0.2, 0.25) is 0 Å². The first kappa shape index (κ1) is 16.6. The Morgan fingerprint density at radius 2 is 2.27 bits per heavy atom. The number of rotatable bonds is 4. The smallest absolute Gasteiger partial charge is 0.311 e. The standard InChI is InChI=1S/C16H18FNO3.ClH/c1-21-13-7-3-6-12-15(13)14-10(16(19)20)4-2-5-11(14)18(12)9-8-17;/h3,6-7,10H,2,4-5,8-9H2,1H3,(H,19,20);1H. The van der Waals surface area contributed by atoms with Gasteiger partial charge in [0.05, 0.1) is 25.1 Å². The molecule has 0 radical (unpaired) electrons. The molecule has 1 unspecified atom stereocenters. The summed E-state index contributed by atoms with van der Waals surface area (Å²) in [4.78, 5) is 11.6. The van der Waals surface area contributed by atoms with Crippen LogP contribution in [0.25, 0.3) is 10.9 Å². The number of aliphatic carboxylic acids is 1. The molecule has 0 saturated carbocycles. The second-order valence-electron chi connectivity index (χ2n) is 5.34. The molecule has 0 fully saturated rings. The summed E-state index contributed by atoms with van der Waals surface area (Å²) in [6.45, 7) is -0.212. The molecule has 22 heavy (non-hydrogen) atoms. The van der Waals surface area contributed by atoms with Crippen molar-refractivity contribution in [1.82, 2.24) is 4.57 Å². The van der Waals surface area contributed by atoms with Gasteiger partial charge in [-0.2, -0.15) is 0 Å². The van der Waals surface area contributed by atoms with E-state index >= 15 is 0 Å². The lowest BCUT2D eigenvalue weighted by Crippen LogP contribution is -2.19. The van der Waals surface area contributed by atoms with Crippen LogP contribution in [0.3, 0.4) is 0 Å². The lowest BCUT2D eigenvalue weighted by atomic mass is 9.85. The molecular formula is C16H19ClFNO3. The normalized spacial score (nSPS) is 16.9. The number of nitrogens with zero attached hydrogens (tertiary/aromatic N) is 1. The highest BCUT2D eigenvalue weighted by Gasteiger charge is 2.33. The summed E-state index contributed by atoms with van der Waals surface area (Å²) >= 11 is 0. The second-order valence-corrected chi connectivity index (χ2v) is 5.34. The maximum absolute atomic E-state index is 12.9. The summed E-state index contributed by atoms with van der Waals surface area (Å²) in [5, 5.41) is 10.4. The van der Waals surface area contributed by atoms with Crippen molar-refractivity contribution in [2.45, 2.75) is 31.7 Å². The van der Waals surface area contributed by atoms with Gasteiger partial charge in [0, 0.05) is 11.1 Å². The van der Waals surface area contributed by atoms with Crippen LogP contribution < -0.4 is 4.74 Å². The third-order valence-electron chi connectivity index (χ3n) is 4.28. The molecule has 1 heterocycles. The lowest BCUT2D eigenvalue weighted by Gasteiger charge is -2.21. The number of hydrogen-bond acceptors (Lipinski definition) is 2. The van der Waals surface area contributed by atoms with E-state index in [-0.39, 0.29) is 19.0 Å². The van der Waals surface area contributed by atoms with Crippen molar-refractivity contribution in [3.05, 3.63) is 29.5 Å². The number of fused-ring (bicyclic) bond motifs is 3. The summed E-state index contributed by atoms with van der Waals surface area (Å²) in [7, 11) is 1.58. The predicted molar refractivity (Wildman–Crippen MR) is 85.0 cm³/mol. The monoisotopic (exact) mass is 327 g/mol. The first-order valence-electron chi connectivity index (χ1n) is 7.15. The average Bonchev–Trinajstić information content (AvgIpc) is 2.82. The molecule has 1 aliphatic rings. The molecule has 1 aromatic heterocycles. The molecule has 120 valence electrons. The van der Waals surface area contributed by atoms with E-state index in [1.165, 1.54) is 0 Å². The van der Waals surface area contributed by atoms with Crippen LogP contribution in [0.1, 0.15) is 30.0 Å². The minimum atomic E-state index is -0.818. The van der Waals surface area contributed by atoms with Crippen molar-refractivity contribution >= 4 is 29.3 Å². The van der Waals surface area contributed by atoms with Crippen LogP contribution in [-0.4, -0.2) is 29.4 Å². The molecule has 2 aromatic rings. The molecule has 0 saturated heterocycles. The van der Waals surface area contributed by atoms with Crippen LogP contribution in [0.15, 0.2) is 18.2 Å². The van der Waals surface area contributed by atoms with E-state index in [0.717, 1.165) is 35.0 Å². The van der Waals surface area contributed by atoms with Crippen LogP contribution in [0, 0.1) is 0 Å². The van der Waals surface area contributed by atoms with Gasteiger partial charge in [-0.05, 0) is 37.0 Å². The van der Waals surface area contributed by atoms with Gasteiger partial charge in [0.25, 0.3) is 0 Å². The Labute approximate surface area is 134 Å². The molecule has 1 N–H and O–H groups in total. The van der Waals surface area contributed by atoms with Gasteiger partial charge in [-0.25, -0.2) is 4.39 Å². The zero-order chi connectivity index (χ0) is 15.0. The summed E-state index contributed by atoms with van der Waals surface area (Å²) in [5.74, 6) is -0.691. The number of ether oxygens (including phenoxy) is 1. The van der Waals surface area contributed by atoms with Crippen LogP contribution in [0.5, 0.6) is 5.75 Å². The van der Waals surface area contributed by atoms with Crippen LogP contribution in [0.4, 0.5) is 4.39 Å². The van der Waals surface area contributed by atoms with Gasteiger partial charge in [0.15, 0.2) is 0 Å². The SMILES string of the molecule is COc1cccc2c1c1c(n2CCF)CCCC1C(=O)O.Cl. The van der Waals surface area contributed by atoms with Crippen molar-refractivity contribution in [3.63, 3.8) is 0 Å². The lowest BCUT2D eigenvalue weighted by molar-refractivity contribution is -0.139. The number of hydrogen-bond donors (Lipinski definition) is 1. The number of aryl methyl sites for hydroxylation is 1. The van der Waals surface area contributed by atoms with Gasteiger partial charge in [-0.1, -0.05) is 6.07 Å². The Balaban J connectivity index is 0.00000176. The summed E-state index contributed by atoms with van der Waals surface area (Å²) in [6.07, 6.45) is 2.22. The molecule has 4 nitrogen and oxygen atoms in total. The fourth-order valence-corrected chi connectivity index (χ4v) is 3.47. The van der Waals surface area contributed by atoms with Crippen molar-refractivity contribution in [1.29, 1.82) is 0 Å². The Hall–Kier alpha value is -1.75. The van der Waals surface area contributed by atoms with E-state index in [1.54, 1.807) is 7.11 Å². The van der Waals surface area contributed by atoms with Gasteiger partial charge in [-0.15, -0.1) is 12.4 Å². The molecule has 1 atom stereocenters. The highest BCUT2D eigenvalue weighted by Crippen LogP contribution is 2.43. The van der Waals surface area contributed by atoms with Crippen molar-refractivity contribution in [2.24, 2.45) is 0 Å². The summed E-state index contributed by atoms with van der Waals surface area (Å²) < 4.78 is 20.3. The molecule has 1 aromatic carbocycles. The fraction of sp³-hybridized carbons (Fsp3) is 0.438. The molecule has 0 spiro atoms. The third kappa shape index (κ3) is 2.43. The van der Waals surface area contributed by atoms with Crippen LogP contribution in [-0.2, 0) is 17.8 Å². The number of methoxy groups -OCH3 is 1. The highest BCUT2D eigenvalue weighted by molar-refractivity contribution is 5.96. The predicted octanol–water partition coefficient (Wildman–Crippen LogP) is 3.55. The van der Waals surface area contributed by atoms with E-state index in [2.05, 4.69) is 0 Å². The number of benzene rings is 1. The maximum Gasteiger partial charge on any atom is 0.311 e. The molecular weight excluding hydrogens is 309 g/mol. The zero-order valence-electron chi connectivity index (χ0n) is 12.3. The van der Waals surface area contributed by atoms with Gasteiger partial charge >= 0.3 is 5.97 Å². The number of aromatic nitrogens is 1. The molecule has 6 heteroatoms. The molecule has 0 amide bonds. The largest absolute Gasteiger partial charge is 0.496 e. The van der Waals surface area contributed by atoms with Gasteiger partial charge in [-0.3, -0.25) is 4.79 Å².